The summed E-state index contributed by atoms with van der Waals surface area (Å²) in [6.45, 7) is -0.875. The van der Waals surface area contributed by atoms with Crippen LogP contribution in [0, 0.1) is 23.7 Å². The molecule has 2 bridgehead atoms. The molecule has 7 unspecified atom stereocenters. The van der Waals surface area contributed by atoms with E-state index in [2.05, 4.69) is 0 Å². The van der Waals surface area contributed by atoms with E-state index >= 15 is 0 Å². The summed E-state index contributed by atoms with van der Waals surface area (Å²) in [5.41, 5.74) is 0. The van der Waals surface area contributed by atoms with Gasteiger partial charge in [-0.25, -0.2) is 4.39 Å². The monoisotopic (exact) mass is 388 g/mol. The third-order valence-electron chi connectivity index (χ3n) is 5.17. The number of aliphatic hydroxyl groups is 1. The van der Waals surface area contributed by atoms with E-state index in [1.807, 2.05) is 0 Å². The molecule has 2 saturated carbocycles. The van der Waals surface area contributed by atoms with E-state index < -0.39 is 76.5 Å². The van der Waals surface area contributed by atoms with Crippen LogP contribution in [0.1, 0.15) is 12.8 Å². The van der Waals surface area contributed by atoms with Crippen molar-refractivity contribution in [1.82, 2.24) is 0 Å². The van der Waals surface area contributed by atoms with Crippen molar-refractivity contribution in [3.63, 3.8) is 0 Å². The fourth-order valence-electron chi connectivity index (χ4n) is 4.03. The maximum Gasteiger partial charge on any atom is 0.400 e. The molecule has 0 radical (unpaired) electrons. The van der Waals surface area contributed by atoms with Crippen LogP contribution in [0.5, 0.6) is 0 Å². The first kappa shape index (κ1) is 18.4. The lowest BCUT2D eigenvalue weighted by atomic mass is 9.78. The Bertz CT molecular complexity index is 695. The Balaban J connectivity index is 1.58. The van der Waals surface area contributed by atoms with E-state index in [9.17, 15) is 36.3 Å². The molecule has 8 nitrogen and oxygen atoms in total. The SMILES string of the molecule is O=C(OCCC(F)C(F)(F)S(=O)(=O)O)C1C2CC3C(OC(=O)C31)C2O. The molecule has 0 spiro atoms. The highest BCUT2D eigenvalue weighted by Gasteiger charge is 2.68. The van der Waals surface area contributed by atoms with Crippen LogP contribution < -0.4 is 0 Å². The number of aliphatic hydroxyl groups excluding tert-OH is 1. The predicted octanol–water partition coefficient (Wildman–Crippen LogP) is -0.0932. The lowest BCUT2D eigenvalue weighted by Gasteiger charge is -2.27. The molecule has 3 rings (SSSR count). The molecule has 25 heavy (non-hydrogen) atoms. The van der Waals surface area contributed by atoms with Crippen LogP contribution in [0.25, 0.3) is 0 Å². The van der Waals surface area contributed by atoms with Crippen molar-refractivity contribution >= 4 is 22.1 Å². The number of fused-ring (bicyclic) bond motifs is 1. The van der Waals surface area contributed by atoms with Crippen molar-refractivity contribution in [2.24, 2.45) is 23.7 Å². The van der Waals surface area contributed by atoms with Gasteiger partial charge in [0.05, 0.1) is 24.5 Å². The maximum atomic E-state index is 13.3. The minimum Gasteiger partial charge on any atom is -0.465 e. The van der Waals surface area contributed by atoms with Gasteiger partial charge in [-0.3, -0.25) is 14.1 Å². The zero-order valence-electron chi connectivity index (χ0n) is 12.5. The Morgan fingerprint density at radius 1 is 1.40 bits per heavy atom. The summed E-state index contributed by atoms with van der Waals surface area (Å²) in [5, 5.41) is 4.99. The number of esters is 2. The van der Waals surface area contributed by atoms with E-state index in [0.717, 1.165) is 0 Å². The van der Waals surface area contributed by atoms with Gasteiger partial charge in [-0.05, 0) is 6.42 Å². The van der Waals surface area contributed by atoms with E-state index in [4.69, 9.17) is 14.0 Å². The first-order valence-electron chi connectivity index (χ1n) is 7.51. The first-order valence-corrected chi connectivity index (χ1v) is 8.95. The number of hydrogen-bond donors (Lipinski definition) is 2. The second-order valence-corrected chi connectivity index (χ2v) is 7.96. The Labute approximate surface area is 140 Å². The third kappa shape index (κ3) is 2.70. The van der Waals surface area contributed by atoms with Crippen LogP contribution in [-0.2, 0) is 29.2 Å². The van der Waals surface area contributed by atoms with Crippen molar-refractivity contribution in [2.45, 2.75) is 36.5 Å². The summed E-state index contributed by atoms with van der Waals surface area (Å²) < 4.78 is 78.3. The average molecular weight is 388 g/mol. The second-order valence-electron chi connectivity index (χ2n) is 6.47. The molecule has 3 aliphatic rings. The molecular formula is C13H15F3O8S. The molecule has 0 aromatic rings. The summed E-state index contributed by atoms with van der Waals surface area (Å²) in [6, 6.07) is 0. The summed E-state index contributed by atoms with van der Waals surface area (Å²) in [7, 11) is -5.94. The summed E-state index contributed by atoms with van der Waals surface area (Å²) in [5.74, 6) is -4.28. The number of carbonyl (C=O) groups is 2. The van der Waals surface area contributed by atoms with Crippen LogP contribution in [0.4, 0.5) is 13.2 Å². The fraction of sp³-hybridized carbons (Fsp3) is 0.846. The van der Waals surface area contributed by atoms with Crippen molar-refractivity contribution in [3.8, 4) is 0 Å². The molecule has 0 aromatic carbocycles. The van der Waals surface area contributed by atoms with Gasteiger partial charge in [0.2, 0.25) is 0 Å². The Hall–Kier alpha value is -1.40. The van der Waals surface area contributed by atoms with Gasteiger partial charge in [-0.15, -0.1) is 0 Å². The Morgan fingerprint density at radius 2 is 2.04 bits per heavy atom. The van der Waals surface area contributed by atoms with E-state index in [-0.39, 0.29) is 5.92 Å². The second kappa shape index (κ2) is 5.81. The predicted molar refractivity (Wildman–Crippen MR) is 71.4 cm³/mol. The minimum atomic E-state index is -5.94. The van der Waals surface area contributed by atoms with Gasteiger partial charge in [0.15, 0.2) is 6.17 Å². The topological polar surface area (TPSA) is 127 Å². The smallest absolute Gasteiger partial charge is 0.400 e. The zero-order chi connectivity index (χ0) is 18.7. The number of halogens is 3. The van der Waals surface area contributed by atoms with Crippen LogP contribution in [-0.4, -0.2) is 60.3 Å². The number of rotatable bonds is 6. The van der Waals surface area contributed by atoms with Gasteiger partial charge < -0.3 is 14.6 Å². The average Bonchev–Trinajstić information content (AvgIpc) is 3.09. The molecule has 7 atom stereocenters. The molecule has 142 valence electrons. The fourth-order valence-corrected chi connectivity index (χ4v) is 4.47. The molecule has 1 aliphatic heterocycles. The van der Waals surface area contributed by atoms with E-state index in [1.54, 1.807) is 0 Å². The molecule has 0 amide bonds. The quantitative estimate of drug-likeness (QED) is 0.477. The highest BCUT2D eigenvalue weighted by molar-refractivity contribution is 7.86. The van der Waals surface area contributed by atoms with E-state index in [0.29, 0.717) is 6.42 Å². The minimum absolute atomic E-state index is 0.317. The molecule has 3 fully saturated rings. The standard InChI is InChI=1S/C13H15F3O8S/c14-6(13(15,16)25(20,21)22)1-2-23-11(18)7-4-3-5-8(7)12(19)24-10(5)9(4)17/h4-10,17H,1-3H2,(H,20,21,22). The van der Waals surface area contributed by atoms with Crippen molar-refractivity contribution in [3.05, 3.63) is 0 Å². The van der Waals surface area contributed by atoms with Gasteiger partial charge in [-0.1, -0.05) is 0 Å². The molecule has 1 saturated heterocycles. The molecule has 2 N–H and O–H groups in total. The van der Waals surface area contributed by atoms with Crippen molar-refractivity contribution in [1.29, 1.82) is 0 Å². The van der Waals surface area contributed by atoms with Gasteiger partial charge in [0.1, 0.15) is 6.10 Å². The number of ether oxygens (including phenoxy) is 2. The van der Waals surface area contributed by atoms with Gasteiger partial charge >= 0.3 is 27.3 Å². The lowest BCUT2D eigenvalue weighted by molar-refractivity contribution is -0.157. The maximum absolute atomic E-state index is 13.3. The van der Waals surface area contributed by atoms with Crippen LogP contribution in [0.15, 0.2) is 0 Å². The summed E-state index contributed by atoms with van der Waals surface area (Å²) >= 11 is 0. The molecule has 0 aromatic heterocycles. The molecular weight excluding hydrogens is 373 g/mol. The van der Waals surface area contributed by atoms with E-state index in [1.165, 1.54) is 0 Å². The van der Waals surface area contributed by atoms with Gasteiger partial charge in [-0.2, -0.15) is 17.2 Å². The summed E-state index contributed by atoms with van der Waals surface area (Å²) in [4.78, 5) is 23.9. The highest BCUT2D eigenvalue weighted by Crippen LogP contribution is 2.58. The normalized spacial score (nSPS) is 37.9. The summed E-state index contributed by atoms with van der Waals surface area (Å²) in [6.07, 6.45) is -5.74. The molecule has 1 heterocycles. The zero-order valence-corrected chi connectivity index (χ0v) is 13.4. The van der Waals surface area contributed by atoms with Crippen molar-refractivity contribution < 1.29 is 50.3 Å². The Morgan fingerprint density at radius 3 is 2.64 bits per heavy atom. The number of hydrogen-bond acceptors (Lipinski definition) is 7. The molecule has 2 aliphatic carbocycles. The third-order valence-corrected chi connectivity index (χ3v) is 6.12. The lowest BCUT2D eigenvalue weighted by Crippen LogP contribution is -2.42. The molecule has 12 heteroatoms. The highest BCUT2D eigenvalue weighted by atomic mass is 32.2. The Kier molecular flexibility index (Phi) is 4.27. The van der Waals surface area contributed by atoms with Gasteiger partial charge in [0, 0.05) is 18.3 Å². The van der Waals surface area contributed by atoms with Crippen LogP contribution in [0.3, 0.4) is 0 Å². The number of carbonyl (C=O) groups excluding carboxylic acids is 2. The first-order chi connectivity index (χ1) is 11.5. The van der Waals surface area contributed by atoms with Crippen LogP contribution >= 0.6 is 0 Å². The van der Waals surface area contributed by atoms with Gasteiger partial charge in [0.25, 0.3) is 0 Å². The van der Waals surface area contributed by atoms with Crippen LogP contribution in [0.2, 0.25) is 0 Å². The largest absolute Gasteiger partial charge is 0.465 e. The van der Waals surface area contributed by atoms with Crippen molar-refractivity contribution in [2.75, 3.05) is 6.61 Å². The number of alkyl halides is 3.